The summed E-state index contributed by atoms with van der Waals surface area (Å²) in [6.45, 7) is 4.01. The third kappa shape index (κ3) is 2.21. The van der Waals surface area contributed by atoms with Crippen molar-refractivity contribution in [3.8, 4) is 0 Å². The maximum atomic E-state index is 12.7. The van der Waals surface area contributed by atoms with Crippen LogP contribution < -0.4 is 0 Å². The molecule has 0 saturated carbocycles. The van der Waals surface area contributed by atoms with Crippen molar-refractivity contribution in [2.75, 3.05) is 0 Å². The van der Waals surface area contributed by atoms with Crippen molar-refractivity contribution in [2.24, 2.45) is 0 Å². The second kappa shape index (κ2) is 4.89. The van der Waals surface area contributed by atoms with Crippen LogP contribution in [0.2, 0.25) is 0 Å². The van der Waals surface area contributed by atoms with E-state index in [9.17, 15) is 4.79 Å². The Morgan fingerprint density at radius 2 is 1.65 bits per heavy atom. The molecule has 2 nitrogen and oxygen atoms in total. The lowest BCUT2D eigenvalue weighted by atomic mass is 9.97. The Morgan fingerprint density at radius 3 is 2.40 bits per heavy atom. The summed E-state index contributed by atoms with van der Waals surface area (Å²) in [7, 11) is 0. The molecule has 3 aromatic rings. The zero-order valence-electron chi connectivity index (χ0n) is 11.6. The fourth-order valence-electron chi connectivity index (χ4n) is 2.56. The van der Waals surface area contributed by atoms with Gasteiger partial charge in [-0.15, -0.1) is 0 Å². The summed E-state index contributed by atoms with van der Waals surface area (Å²) in [5.74, 6) is 0.0288. The summed E-state index contributed by atoms with van der Waals surface area (Å²) in [5, 5.41) is 1.94. The Balaban J connectivity index is 2.17. The predicted molar refractivity (Wildman–Crippen MR) is 81.1 cm³/mol. The van der Waals surface area contributed by atoms with Gasteiger partial charge in [0.05, 0.1) is 0 Å². The van der Waals surface area contributed by atoms with Gasteiger partial charge in [0.2, 0.25) is 0 Å². The number of carbonyl (C=O) groups is 1. The second-order valence-corrected chi connectivity index (χ2v) is 5.11. The Morgan fingerprint density at radius 1 is 0.950 bits per heavy atom. The van der Waals surface area contributed by atoms with Gasteiger partial charge in [-0.3, -0.25) is 9.78 Å². The fraction of sp³-hybridized carbons (Fsp3) is 0.111. The maximum absolute atomic E-state index is 12.7. The molecule has 2 aromatic carbocycles. The molecule has 20 heavy (non-hydrogen) atoms. The number of carbonyl (C=O) groups excluding carboxylic acids is 1. The van der Waals surface area contributed by atoms with Crippen molar-refractivity contribution in [1.29, 1.82) is 0 Å². The first kappa shape index (κ1) is 12.5. The van der Waals surface area contributed by atoms with Gasteiger partial charge < -0.3 is 0 Å². The average Bonchev–Trinajstić information content (AvgIpc) is 2.45. The van der Waals surface area contributed by atoms with E-state index in [0.717, 1.165) is 27.5 Å². The molecule has 1 aromatic heterocycles. The number of ketones is 1. The molecule has 0 unspecified atom stereocenters. The molecule has 0 bridgehead atoms. The lowest BCUT2D eigenvalue weighted by Crippen LogP contribution is -2.03. The standard InChI is InChI=1S/C18H15NO/c1-12-7-13(2)9-15(8-12)18(20)17-11-19-10-14-5-3-4-6-16(14)17/h3-11H,1-2H3. The van der Waals surface area contributed by atoms with Crippen LogP contribution in [0.1, 0.15) is 27.0 Å². The highest BCUT2D eigenvalue weighted by atomic mass is 16.1. The Kier molecular flexibility index (Phi) is 3.07. The molecule has 0 aliphatic carbocycles. The molecule has 98 valence electrons. The zero-order chi connectivity index (χ0) is 14.1. The summed E-state index contributed by atoms with van der Waals surface area (Å²) in [5.41, 5.74) is 3.58. The van der Waals surface area contributed by atoms with Gasteiger partial charge in [-0.05, 0) is 31.4 Å². The second-order valence-electron chi connectivity index (χ2n) is 5.11. The highest BCUT2D eigenvalue weighted by molar-refractivity contribution is 6.16. The van der Waals surface area contributed by atoms with E-state index in [-0.39, 0.29) is 5.78 Å². The molecule has 3 rings (SSSR count). The van der Waals surface area contributed by atoms with Gasteiger partial charge in [0, 0.05) is 28.9 Å². The van der Waals surface area contributed by atoms with E-state index in [4.69, 9.17) is 0 Å². The van der Waals surface area contributed by atoms with Gasteiger partial charge in [0.25, 0.3) is 0 Å². The van der Waals surface area contributed by atoms with Crippen LogP contribution in [0.5, 0.6) is 0 Å². The van der Waals surface area contributed by atoms with Crippen molar-refractivity contribution in [3.05, 3.63) is 77.1 Å². The third-order valence-corrected chi connectivity index (χ3v) is 3.40. The van der Waals surface area contributed by atoms with Gasteiger partial charge in [0.1, 0.15) is 0 Å². The number of fused-ring (bicyclic) bond motifs is 1. The van der Waals surface area contributed by atoms with Gasteiger partial charge in [-0.2, -0.15) is 0 Å². The van der Waals surface area contributed by atoms with Crippen LogP contribution in [0.15, 0.2) is 54.9 Å². The molecule has 1 heterocycles. The summed E-state index contributed by atoms with van der Waals surface area (Å²) in [4.78, 5) is 16.9. The van der Waals surface area contributed by atoms with Gasteiger partial charge >= 0.3 is 0 Å². The molecule has 0 radical (unpaired) electrons. The first-order valence-electron chi connectivity index (χ1n) is 6.61. The van der Waals surface area contributed by atoms with Crippen molar-refractivity contribution >= 4 is 16.6 Å². The number of aromatic nitrogens is 1. The molecule has 0 amide bonds. The molecule has 0 N–H and O–H groups in total. The van der Waals surface area contributed by atoms with Crippen LogP contribution in [0.25, 0.3) is 10.8 Å². The highest BCUT2D eigenvalue weighted by Gasteiger charge is 2.13. The first-order valence-corrected chi connectivity index (χ1v) is 6.61. The molecule has 0 spiro atoms. The number of hydrogen-bond acceptors (Lipinski definition) is 2. The summed E-state index contributed by atoms with van der Waals surface area (Å²) < 4.78 is 0. The summed E-state index contributed by atoms with van der Waals surface area (Å²) in [6, 6.07) is 13.8. The van der Waals surface area contributed by atoms with E-state index in [1.165, 1.54) is 0 Å². The molecule has 2 heteroatoms. The van der Waals surface area contributed by atoms with Crippen LogP contribution in [-0.4, -0.2) is 10.8 Å². The van der Waals surface area contributed by atoms with Gasteiger partial charge in [0.15, 0.2) is 5.78 Å². The highest BCUT2D eigenvalue weighted by Crippen LogP contribution is 2.21. The number of hydrogen-bond donors (Lipinski definition) is 0. The van der Waals surface area contributed by atoms with E-state index in [2.05, 4.69) is 11.1 Å². The van der Waals surface area contributed by atoms with Crippen molar-refractivity contribution in [3.63, 3.8) is 0 Å². The summed E-state index contributed by atoms with van der Waals surface area (Å²) >= 11 is 0. The topological polar surface area (TPSA) is 30.0 Å². The van der Waals surface area contributed by atoms with E-state index >= 15 is 0 Å². The molecule has 0 fully saturated rings. The minimum Gasteiger partial charge on any atom is -0.289 e. The normalized spacial score (nSPS) is 10.7. The van der Waals surface area contributed by atoms with Crippen molar-refractivity contribution in [2.45, 2.75) is 13.8 Å². The van der Waals surface area contributed by atoms with Gasteiger partial charge in [-0.1, -0.05) is 41.5 Å². The van der Waals surface area contributed by atoms with Crippen LogP contribution in [0.3, 0.4) is 0 Å². The SMILES string of the molecule is Cc1cc(C)cc(C(=O)c2cncc3ccccc23)c1. The average molecular weight is 261 g/mol. The maximum Gasteiger partial charge on any atom is 0.195 e. The molecule has 0 atom stereocenters. The lowest BCUT2D eigenvalue weighted by molar-refractivity contribution is 0.104. The molecular formula is C18H15NO. The van der Waals surface area contributed by atoms with Crippen LogP contribution in [-0.2, 0) is 0 Å². The monoisotopic (exact) mass is 261 g/mol. The van der Waals surface area contributed by atoms with Crippen LogP contribution in [0.4, 0.5) is 0 Å². The lowest BCUT2D eigenvalue weighted by Gasteiger charge is -2.07. The van der Waals surface area contributed by atoms with E-state index in [1.807, 2.05) is 50.2 Å². The van der Waals surface area contributed by atoms with Crippen LogP contribution >= 0.6 is 0 Å². The number of nitrogens with zero attached hydrogens (tertiary/aromatic N) is 1. The van der Waals surface area contributed by atoms with Crippen molar-refractivity contribution < 1.29 is 4.79 Å². The fourth-order valence-corrected chi connectivity index (χ4v) is 2.56. The van der Waals surface area contributed by atoms with E-state index in [1.54, 1.807) is 12.4 Å². The van der Waals surface area contributed by atoms with E-state index in [0.29, 0.717) is 5.56 Å². The number of aryl methyl sites for hydroxylation is 2. The number of benzene rings is 2. The summed E-state index contributed by atoms with van der Waals surface area (Å²) in [6.07, 6.45) is 3.44. The Bertz CT molecular complexity index is 780. The minimum atomic E-state index is 0.0288. The molecular weight excluding hydrogens is 246 g/mol. The van der Waals surface area contributed by atoms with Gasteiger partial charge in [-0.25, -0.2) is 0 Å². The minimum absolute atomic E-state index is 0.0288. The van der Waals surface area contributed by atoms with Crippen LogP contribution in [0, 0.1) is 13.8 Å². The largest absolute Gasteiger partial charge is 0.289 e. The first-order chi connectivity index (χ1) is 9.65. The third-order valence-electron chi connectivity index (χ3n) is 3.40. The van der Waals surface area contributed by atoms with E-state index < -0.39 is 0 Å². The Labute approximate surface area is 118 Å². The molecule has 0 aliphatic heterocycles. The smallest absolute Gasteiger partial charge is 0.195 e. The molecule has 0 aliphatic rings. The Hall–Kier alpha value is -2.48. The van der Waals surface area contributed by atoms with Crippen molar-refractivity contribution in [1.82, 2.24) is 4.98 Å². The predicted octanol–water partition coefficient (Wildman–Crippen LogP) is 4.08. The number of pyridine rings is 1. The quantitative estimate of drug-likeness (QED) is 0.650. The number of rotatable bonds is 2. The zero-order valence-corrected chi connectivity index (χ0v) is 11.6. The molecule has 0 saturated heterocycles.